The maximum Gasteiger partial charge on any atom is 0.241 e. The van der Waals surface area contributed by atoms with Crippen LogP contribution in [0.15, 0.2) is 23.3 Å². The summed E-state index contributed by atoms with van der Waals surface area (Å²) in [7, 11) is 0. The average Bonchev–Trinajstić information content (AvgIpc) is 3.33. The van der Waals surface area contributed by atoms with Crippen LogP contribution < -0.4 is 5.32 Å². The number of likely N-dealkylation sites (tertiary alicyclic amines) is 1. The monoisotopic (exact) mass is 702 g/mol. The number of hydrogen-bond acceptors (Lipinski definition) is 7. The van der Waals surface area contributed by atoms with Crippen LogP contribution in [0.3, 0.4) is 0 Å². The number of fused-ring (bicyclic) bond motifs is 1. The number of benzene rings is 1. The first-order chi connectivity index (χ1) is 22.3. The van der Waals surface area contributed by atoms with E-state index in [0.29, 0.717) is 41.3 Å². The summed E-state index contributed by atoms with van der Waals surface area (Å²) < 4.78 is 67.7. The highest BCUT2D eigenvalue weighted by Crippen LogP contribution is 2.37. The van der Waals surface area contributed by atoms with Gasteiger partial charge in [0.05, 0.1) is 27.5 Å². The number of nitrogens with zero attached hydrogens (tertiary/aromatic N) is 5. The van der Waals surface area contributed by atoms with Gasteiger partial charge in [-0.2, -0.15) is 25.3 Å². The second kappa shape index (κ2) is 19.0. The zero-order valence-electron chi connectivity index (χ0n) is 28.8. The van der Waals surface area contributed by atoms with E-state index in [1.54, 1.807) is 26.8 Å². The molecule has 1 aromatic carbocycles. The minimum absolute atomic E-state index is 0.0278. The molecule has 0 radical (unpaired) electrons. The molecule has 2 atom stereocenters. The Balaban J connectivity index is 0.000000769. The molecular weight excluding hydrogens is 652 g/mol. The van der Waals surface area contributed by atoms with Crippen LogP contribution in [0.2, 0.25) is 0 Å². The lowest BCUT2D eigenvalue weighted by molar-refractivity contribution is 0.0552. The van der Waals surface area contributed by atoms with Crippen LogP contribution in [0.25, 0.3) is 16.6 Å². The van der Waals surface area contributed by atoms with Gasteiger partial charge in [0.1, 0.15) is 17.7 Å². The molecule has 2 aromatic heterocycles. The summed E-state index contributed by atoms with van der Waals surface area (Å²) >= 11 is 9.10. The number of nitrogens with one attached hydrogen (secondary N) is 1. The lowest BCUT2D eigenvalue weighted by Gasteiger charge is -2.43. The van der Waals surface area contributed by atoms with Crippen molar-refractivity contribution in [1.29, 1.82) is 0 Å². The fourth-order valence-corrected chi connectivity index (χ4v) is 5.71. The molecule has 2 unspecified atom stereocenters. The standard InChI is InChI=1S/C27H33F3N6S2.C3H6F2.2C2H6/c1-4-31-24-15(2)10-16(11-18(24)28)23-20(30)14-36-25(23)22(12-27(3,37)38)33-26(34-36)32-21-8-9-35(13-19(21)29)17-6-5-7-17;1-2-3(4)5;2*1-2/h4,10-11,14,17,19,21,37-38H,5-9,12-13H2,1-3H3,(H,32,34);3H,2H2,1H3;2*1-2H3. The van der Waals surface area contributed by atoms with Crippen molar-refractivity contribution in [2.24, 2.45) is 4.99 Å². The molecule has 13 heteroatoms. The van der Waals surface area contributed by atoms with Crippen LogP contribution in [0.5, 0.6) is 0 Å². The third kappa shape index (κ3) is 11.1. The first kappa shape index (κ1) is 40.8. The zero-order chi connectivity index (χ0) is 35.5. The van der Waals surface area contributed by atoms with Gasteiger partial charge in [-0.3, -0.25) is 9.89 Å². The van der Waals surface area contributed by atoms with Gasteiger partial charge in [0, 0.05) is 43.8 Å². The number of aromatic nitrogens is 3. The van der Waals surface area contributed by atoms with Crippen molar-refractivity contribution >= 4 is 48.6 Å². The van der Waals surface area contributed by atoms with Crippen LogP contribution in [-0.4, -0.2) is 67.6 Å². The SMILES string of the molecule is CC.CC.CC=Nc1c(C)cc(-c2c(F)cn3nc(NC4CCN(C5CCC5)CC4F)nc(CC(C)(S)S)c23)cc1F.CCC(F)F. The predicted octanol–water partition coefficient (Wildman–Crippen LogP) is 9.91. The molecule has 1 N–H and O–H groups in total. The van der Waals surface area contributed by atoms with Gasteiger partial charge in [-0.05, 0) is 63.3 Å². The van der Waals surface area contributed by atoms with E-state index < -0.39 is 34.4 Å². The third-order valence-corrected chi connectivity index (χ3v) is 8.06. The van der Waals surface area contributed by atoms with Gasteiger partial charge in [-0.25, -0.2) is 31.5 Å². The minimum Gasteiger partial charge on any atom is -0.347 e. The minimum atomic E-state index is -2.12. The Morgan fingerprint density at radius 2 is 1.74 bits per heavy atom. The quantitative estimate of drug-likeness (QED) is 0.0947. The second-order valence-corrected chi connectivity index (χ2v) is 13.7. The van der Waals surface area contributed by atoms with Crippen LogP contribution >= 0.6 is 25.3 Å². The number of alkyl halides is 3. The van der Waals surface area contributed by atoms with Crippen LogP contribution in [-0.2, 0) is 6.42 Å². The highest BCUT2D eigenvalue weighted by molar-refractivity contribution is 8.00. The molecule has 47 heavy (non-hydrogen) atoms. The molecule has 1 aliphatic carbocycles. The predicted molar refractivity (Wildman–Crippen MR) is 192 cm³/mol. The number of halogens is 5. The number of aliphatic imine (C=N–C) groups is 1. The summed E-state index contributed by atoms with van der Waals surface area (Å²) in [5.41, 5.74) is 2.20. The Morgan fingerprint density at radius 1 is 1.11 bits per heavy atom. The summed E-state index contributed by atoms with van der Waals surface area (Å²) in [5.74, 6) is -0.909. The molecule has 1 saturated carbocycles. The lowest BCUT2D eigenvalue weighted by atomic mass is 9.89. The van der Waals surface area contributed by atoms with E-state index in [1.165, 1.54) is 36.3 Å². The third-order valence-electron chi connectivity index (χ3n) is 7.75. The summed E-state index contributed by atoms with van der Waals surface area (Å²) in [6.45, 7) is 15.9. The molecule has 6 nitrogen and oxygen atoms in total. The average molecular weight is 703 g/mol. The van der Waals surface area contributed by atoms with Crippen molar-refractivity contribution in [2.45, 2.75) is 123 Å². The van der Waals surface area contributed by atoms with Crippen molar-refractivity contribution in [1.82, 2.24) is 19.5 Å². The highest BCUT2D eigenvalue weighted by atomic mass is 32.2. The zero-order valence-corrected chi connectivity index (χ0v) is 30.6. The Bertz CT molecular complexity index is 1420. The summed E-state index contributed by atoms with van der Waals surface area (Å²) in [4.78, 5) is 11.0. The van der Waals surface area contributed by atoms with E-state index in [2.05, 4.69) is 50.5 Å². The largest absolute Gasteiger partial charge is 0.347 e. The molecular formula is C34H51F5N6S2. The van der Waals surface area contributed by atoms with Crippen molar-refractivity contribution in [3.05, 3.63) is 41.2 Å². The molecule has 5 rings (SSSR count). The fraction of sp³-hybridized carbons (Fsp3) is 0.618. The number of rotatable bonds is 8. The first-order valence-electron chi connectivity index (χ1n) is 16.6. The van der Waals surface area contributed by atoms with E-state index in [-0.39, 0.29) is 30.0 Å². The summed E-state index contributed by atoms with van der Waals surface area (Å²) in [5, 5.41) is 7.64. The molecule has 1 aliphatic heterocycles. The number of hydrogen-bond donors (Lipinski definition) is 3. The molecule has 0 spiro atoms. The molecule has 2 aliphatic rings. The van der Waals surface area contributed by atoms with Crippen molar-refractivity contribution in [3.8, 4) is 11.1 Å². The van der Waals surface area contributed by atoms with Gasteiger partial charge in [0.2, 0.25) is 12.4 Å². The number of thiol groups is 2. The second-order valence-electron chi connectivity index (χ2n) is 11.4. The smallest absolute Gasteiger partial charge is 0.241 e. The van der Waals surface area contributed by atoms with Crippen LogP contribution in [0.4, 0.5) is 33.6 Å². The number of piperidine rings is 1. The number of aryl methyl sites for hydroxylation is 1. The van der Waals surface area contributed by atoms with E-state index in [9.17, 15) is 13.2 Å². The summed E-state index contributed by atoms with van der Waals surface area (Å²) in [6.07, 6.45) is 3.92. The lowest BCUT2D eigenvalue weighted by Crippen LogP contribution is -2.53. The molecule has 0 amide bonds. The molecule has 264 valence electrons. The highest BCUT2D eigenvalue weighted by Gasteiger charge is 2.35. The van der Waals surface area contributed by atoms with Gasteiger partial charge in [0.25, 0.3) is 0 Å². The normalized spacial score (nSPS) is 18.6. The molecule has 3 aromatic rings. The van der Waals surface area contributed by atoms with Gasteiger partial charge < -0.3 is 5.32 Å². The van der Waals surface area contributed by atoms with Crippen molar-refractivity contribution in [2.75, 3.05) is 18.4 Å². The maximum atomic E-state index is 15.5. The van der Waals surface area contributed by atoms with Crippen molar-refractivity contribution in [3.63, 3.8) is 0 Å². The van der Waals surface area contributed by atoms with E-state index in [4.69, 9.17) is 0 Å². The van der Waals surface area contributed by atoms with Crippen LogP contribution in [0.1, 0.15) is 91.8 Å². The summed E-state index contributed by atoms with van der Waals surface area (Å²) in [6, 6.07) is 3.02. The maximum absolute atomic E-state index is 15.5. The molecule has 1 saturated heterocycles. The van der Waals surface area contributed by atoms with Gasteiger partial charge in [-0.1, -0.05) is 41.0 Å². The van der Waals surface area contributed by atoms with E-state index in [1.807, 2.05) is 27.7 Å². The van der Waals surface area contributed by atoms with E-state index in [0.717, 1.165) is 19.4 Å². The Labute approximate surface area is 287 Å². The van der Waals surface area contributed by atoms with Gasteiger partial charge in [0.15, 0.2) is 5.82 Å². The fourth-order valence-electron chi connectivity index (χ4n) is 5.41. The molecule has 2 fully saturated rings. The Kier molecular flexibility index (Phi) is 16.5. The van der Waals surface area contributed by atoms with E-state index >= 15 is 8.78 Å². The Hall–Kier alpha value is -2.38. The Morgan fingerprint density at radius 3 is 2.23 bits per heavy atom. The number of anilines is 1. The first-order valence-corrected chi connectivity index (χ1v) is 17.4. The van der Waals surface area contributed by atoms with Crippen molar-refractivity contribution < 1.29 is 22.0 Å². The topological polar surface area (TPSA) is 57.8 Å². The molecule has 3 heterocycles. The molecule has 0 bridgehead atoms. The van der Waals surface area contributed by atoms with Gasteiger partial charge >= 0.3 is 0 Å². The van der Waals surface area contributed by atoms with Crippen LogP contribution in [0, 0.1) is 18.6 Å². The van der Waals surface area contributed by atoms with Gasteiger partial charge in [-0.15, -0.1) is 5.10 Å².